The van der Waals surface area contributed by atoms with Gasteiger partial charge in [0.1, 0.15) is 16.8 Å². The number of halogens is 6. The summed E-state index contributed by atoms with van der Waals surface area (Å²) in [6.45, 7) is -2.01. The minimum Gasteiger partial charge on any atom is -0.491 e. The molecule has 0 aliphatic carbocycles. The number of hydrogen-bond acceptors (Lipinski definition) is 9. The molecule has 4 aromatic heterocycles. The number of methoxy groups -OCH3 is 2. The SMILES string of the molecule is COc1cc2nccc(Oc3ccc(NC(=O)c4ccc(C(F)(F)F)n(-c5cnc(OC(F)F)cc5C)c4=O)cc3F)c2nc1OC. The third-order valence-corrected chi connectivity index (χ3v) is 6.56. The van der Waals surface area contributed by atoms with Crippen molar-refractivity contribution in [3.63, 3.8) is 0 Å². The Morgan fingerprint density at radius 3 is 2.36 bits per heavy atom. The van der Waals surface area contributed by atoms with Crippen molar-refractivity contribution in [2.45, 2.75) is 19.7 Å². The fourth-order valence-corrected chi connectivity index (χ4v) is 4.45. The fraction of sp³-hybridized carbons (Fsp3) is 0.167. The number of carbonyl (C=O) groups excluding carboxylic acids is 1. The molecule has 0 radical (unpaired) electrons. The number of rotatable bonds is 9. The number of pyridine rings is 4. The second-order valence-corrected chi connectivity index (χ2v) is 9.54. The van der Waals surface area contributed by atoms with Crippen LogP contribution in [0.4, 0.5) is 32.0 Å². The molecule has 11 nitrogen and oxygen atoms in total. The molecule has 17 heteroatoms. The highest BCUT2D eigenvalue weighted by Gasteiger charge is 2.36. The lowest BCUT2D eigenvalue weighted by Crippen LogP contribution is -2.33. The van der Waals surface area contributed by atoms with E-state index in [9.17, 15) is 31.5 Å². The van der Waals surface area contributed by atoms with Crippen LogP contribution in [0.3, 0.4) is 0 Å². The van der Waals surface area contributed by atoms with Gasteiger partial charge < -0.3 is 24.3 Å². The van der Waals surface area contributed by atoms with Gasteiger partial charge in [0.05, 0.1) is 31.6 Å². The quantitative estimate of drug-likeness (QED) is 0.181. The van der Waals surface area contributed by atoms with Crippen molar-refractivity contribution in [1.82, 2.24) is 19.5 Å². The predicted octanol–water partition coefficient (Wildman–Crippen LogP) is 6.31. The van der Waals surface area contributed by atoms with E-state index in [0.29, 0.717) is 23.4 Å². The van der Waals surface area contributed by atoms with Crippen LogP contribution in [-0.4, -0.2) is 46.3 Å². The Labute approximate surface area is 260 Å². The van der Waals surface area contributed by atoms with E-state index in [1.165, 1.54) is 45.5 Å². The van der Waals surface area contributed by atoms with Crippen LogP contribution >= 0.6 is 0 Å². The van der Waals surface area contributed by atoms with Gasteiger partial charge in [-0.2, -0.15) is 22.0 Å². The summed E-state index contributed by atoms with van der Waals surface area (Å²) in [6, 6.07) is 8.31. The van der Waals surface area contributed by atoms with Crippen LogP contribution in [0.1, 0.15) is 21.6 Å². The van der Waals surface area contributed by atoms with Gasteiger partial charge in [-0.3, -0.25) is 19.1 Å². The zero-order valence-corrected chi connectivity index (χ0v) is 24.4. The van der Waals surface area contributed by atoms with Gasteiger partial charge in [0.25, 0.3) is 17.3 Å². The molecular formula is C30H21F6N5O6. The number of ether oxygens (including phenoxy) is 4. The summed E-state index contributed by atoms with van der Waals surface area (Å²) in [4.78, 5) is 38.4. The van der Waals surface area contributed by atoms with Crippen molar-refractivity contribution >= 4 is 22.6 Å². The molecule has 0 aliphatic heterocycles. The third kappa shape index (κ3) is 6.73. The van der Waals surface area contributed by atoms with Crippen molar-refractivity contribution in [2.24, 2.45) is 0 Å². The van der Waals surface area contributed by atoms with Crippen LogP contribution < -0.4 is 29.8 Å². The van der Waals surface area contributed by atoms with Crippen LogP contribution in [0.2, 0.25) is 0 Å². The number of hydrogen-bond donors (Lipinski definition) is 1. The number of fused-ring (bicyclic) bond motifs is 1. The van der Waals surface area contributed by atoms with E-state index in [-0.39, 0.29) is 38.7 Å². The molecule has 0 aliphatic rings. The molecule has 5 rings (SSSR count). The Kier molecular flexibility index (Phi) is 8.90. The number of benzene rings is 1. The summed E-state index contributed by atoms with van der Waals surface area (Å²) in [5.74, 6) is -2.46. The highest BCUT2D eigenvalue weighted by molar-refractivity contribution is 6.04. The Morgan fingerprint density at radius 2 is 1.72 bits per heavy atom. The maximum Gasteiger partial charge on any atom is 0.431 e. The van der Waals surface area contributed by atoms with Gasteiger partial charge in [0.2, 0.25) is 5.88 Å². The molecule has 1 N–H and O–H groups in total. The molecular weight excluding hydrogens is 640 g/mol. The van der Waals surface area contributed by atoms with Gasteiger partial charge in [-0.05, 0) is 36.8 Å². The molecule has 0 bridgehead atoms. The van der Waals surface area contributed by atoms with Crippen molar-refractivity contribution < 1.29 is 50.1 Å². The van der Waals surface area contributed by atoms with Gasteiger partial charge in [-0.25, -0.2) is 14.4 Å². The molecule has 1 aromatic carbocycles. The lowest BCUT2D eigenvalue weighted by Gasteiger charge is -2.18. The van der Waals surface area contributed by atoms with E-state index in [2.05, 4.69) is 25.0 Å². The summed E-state index contributed by atoms with van der Waals surface area (Å²) in [5.41, 5.74) is -3.74. The topological polar surface area (TPSA) is 127 Å². The number of nitrogens with zero attached hydrogens (tertiary/aromatic N) is 4. The Balaban J connectivity index is 1.44. The fourth-order valence-electron chi connectivity index (χ4n) is 4.45. The molecule has 1 amide bonds. The minimum absolute atomic E-state index is 0.0896. The number of nitrogens with one attached hydrogen (secondary N) is 1. The number of aryl methyl sites for hydroxylation is 1. The normalized spacial score (nSPS) is 11.4. The second-order valence-electron chi connectivity index (χ2n) is 9.54. The van der Waals surface area contributed by atoms with Gasteiger partial charge in [-0.15, -0.1) is 0 Å². The van der Waals surface area contributed by atoms with E-state index in [0.717, 1.165) is 18.3 Å². The highest BCUT2D eigenvalue weighted by Crippen LogP contribution is 2.35. The molecule has 0 spiro atoms. The summed E-state index contributed by atoms with van der Waals surface area (Å²) < 4.78 is 102. The molecule has 0 unspecified atom stereocenters. The minimum atomic E-state index is -5.06. The first-order chi connectivity index (χ1) is 22.3. The predicted molar refractivity (Wildman–Crippen MR) is 153 cm³/mol. The lowest BCUT2D eigenvalue weighted by molar-refractivity contribution is -0.142. The van der Waals surface area contributed by atoms with Crippen molar-refractivity contribution in [1.29, 1.82) is 0 Å². The summed E-state index contributed by atoms with van der Waals surface area (Å²) >= 11 is 0. The molecule has 0 saturated carbocycles. The number of carbonyl (C=O) groups is 1. The highest BCUT2D eigenvalue weighted by atomic mass is 19.4. The van der Waals surface area contributed by atoms with E-state index in [1.807, 2.05) is 0 Å². The summed E-state index contributed by atoms with van der Waals surface area (Å²) in [6.07, 6.45) is -2.93. The number of anilines is 1. The second kappa shape index (κ2) is 12.9. The first kappa shape index (κ1) is 32.5. The number of amides is 1. The third-order valence-electron chi connectivity index (χ3n) is 6.56. The molecule has 0 atom stereocenters. The van der Waals surface area contributed by atoms with Crippen molar-refractivity contribution in [3.8, 4) is 34.7 Å². The first-order valence-electron chi connectivity index (χ1n) is 13.2. The zero-order valence-electron chi connectivity index (χ0n) is 24.4. The molecule has 244 valence electrons. The Morgan fingerprint density at radius 1 is 0.957 bits per heavy atom. The van der Waals surface area contributed by atoms with Crippen molar-refractivity contribution in [3.05, 3.63) is 93.9 Å². The van der Waals surface area contributed by atoms with Crippen LogP contribution in [0.5, 0.6) is 29.0 Å². The van der Waals surface area contributed by atoms with E-state index in [1.54, 1.807) is 6.07 Å². The Bertz CT molecular complexity index is 2050. The van der Waals surface area contributed by atoms with Gasteiger partial charge in [0, 0.05) is 36.1 Å². The summed E-state index contributed by atoms with van der Waals surface area (Å²) in [7, 11) is 2.80. The number of alkyl halides is 5. The standard InChI is InChI=1S/C30H21F6N5O6/c1-14-10-24(47-29(32)33)38-13-19(14)41-23(30(34,35)36)7-5-16(28(41)43)26(42)39-15-4-6-20(17(31)11-15)46-21-8-9-37-18-12-22(44-2)27(45-3)40-25(18)21/h4-13,29H,1-3H3,(H,39,42). The average molecular weight is 662 g/mol. The molecule has 5 aromatic rings. The van der Waals surface area contributed by atoms with E-state index >= 15 is 4.39 Å². The van der Waals surface area contributed by atoms with Crippen molar-refractivity contribution in [2.75, 3.05) is 19.5 Å². The first-order valence-corrected chi connectivity index (χ1v) is 13.2. The number of aromatic nitrogens is 4. The molecule has 47 heavy (non-hydrogen) atoms. The van der Waals surface area contributed by atoms with Crippen LogP contribution in [0.15, 0.2) is 65.7 Å². The van der Waals surface area contributed by atoms with Gasteiger partial charge in [-0.1, -0.05) is 0 Å². The maximum atomic E-state index is 15.1. The monoisotopic (exact) mass is 661 g/mol. The van der Waals surface area contributed by atoms with Crippen LogP contribution in [0, 0.1) is 12.7 Å². The average Bonchev–Trinajstić information content (AvgIpc) is 3.01. The molecule has 0 saturated heterocycles. The smallest absolute Gasteiger partial charge is 0.431 e. The maximum absolute atomic E-state index is 15.1. The van der Waals surface area contributed by atoms with Crippen LogP contribution in [-0.2, 0) is 6.18 Å². The van der Waals surface area contributed by atoms with E-state index < -0.39 is 52.9 Å². The molecule has 0 fully saturated rings. The molecule has 4 heterocycles. The lowest BCUT2D eigenvalue weighted by atomic mass is 10.1. The van der Waals surface area contributed by atoms with Gasteiger partial charge in [0.15, 0.2) is 23.1 Å². The largest absolute Gasteiger partial charge is 0.491 e. The van der Waals surface area contributed by atoms with E-state index in [4.69, 9.17) is 14.2 Å². The summed E-state index contributed by atoms with van der Waals surface area (Å²) in [5, 5.41) is 2.27. The zero-order chi connectivity index (χ0) is 34.0. The Hall–Kier alpha value is -5.87. The van der Waals surface area contributed by atoms with Gasteiger partial charge >= 0.3 is 12.8 Å². The van der Waals surface area contributed by atoms with Crippen LogP contribution in [0.25, 0.3) is 16.7 Å².